The van der Waals surface area contributed by atoms with Crippen molar-refractivity contribution < 1.29 is 13.9 Å². The summed E-state index contributed by atoms with van der Waals surface area (Å²) in [6.45, 7) is 7.62. The summed E-state index contributed by atoms with van der Waals surface area (Å²) in [4.78, 5) is 14.3. The fraction of sp³-hybridized carbons (Fsp3) is 0.222. The maximum Gasteiger partial charge on any atom is 0.415 e. The smallest absolute Gasteiger partial charge is 0.410 e. The number of amides is 1. The third kappa shape index (κ3) is 4.37. The van der Waals surface area contributed by atoms with Crippen LogP contribution in [0.2, 0.25) is 0 Å². The van der Waals surface area contributed by atoms with Gasteiger partial charge in [0.2, 0.25) is 0 Å². The molecule has 0 bridgehead atoms. The van der Waals surface area contributed by atoms with Gasteiger partial charge in [-0.2, -0.15) is 0 Å². The minimum Gasteiger partial charge on any atom is -0.410 e. The van der Waals surface area contributed by atoms with Crippen LogP contribution in [-0.2, 0) is 6.54 Å². The quantitative estimate of drug-likeness (QED) is 0.343. The lowest BCUT2D eigenvalue weighted by molar-refractivity contribution is 0.157. The van der Waals surface area contributed by atoms with Crippen LogP contribution in [0, 0.1) is 12.7 Å². The summed E-state index contributed by atoms with van der Waals surface area (Å²) in [5.41, 5.74) is 4.89. The topological polar surface area (TPSA) is 34.5 Å². The van der Waals surface area contributed by atoms with E-state index in [2.05, 4.69) is 4.57 Å². The SMILES string of the molecule is CCN(CC)C(=O)Oc1ccc2c(ccn2Cc2cccc(F)c2)c1-c1ccc(C)cc1. The molecule has 0 fully saturated rings. The molecule has 1 heterocycles. The van der Waals surface area contributed by atoms with Gasteiger partial charge in [0.25, 0.3) is 0 Å². The molecule has 0 radical (unpaired) electrons. The third-order valence-corrected chi connectivity index (χ3v) is 5.72. The number of ether oxygens (including phenoxy) is 1. The second-order valence-electron chi connectivity index (χ2n) is 7.85. The molecule has 4 nitrogen and oxygen atoms in total. The summed E-state index contributed by atoms with van der Waals surface area (Å²) in [7, 11) is 0. The van der Waals surface area contributed by atoms with Gasteiger partial charge in [-0.1, -0.05) is 42.0 Å². The van der Waals surface area contributed by atoms with Crippen LogP contribution in [0.5, 0.6) is 5.75 Å². The molecular formula is C27H27FN2O2. The van der Waals surface area contributed by atoms with Gasteiger partial charge in [0, 0.05) is 42.3 Å². The second kappa shape index (κ2) is 9.27. The highest BCUT2D eigenvalue weighted by Gasteiger charge is 2.19. The molecule has 4 rings (SSSR count). The molecule has 0 atom stereocenters. The van der Waals surface area contributed by atoms with E-state index in [1.807, 2.05) is 75.5 Å². The standard InChI is InChI=1S/C27H27FN2O2/c1-4-29(5-2)27(31)32-25-14-13-24-23(26(25)21-11-9-19(3)10-12-21)15-16-30(24)18-20-7-6-8-22(28)17-20/h6-17H,4-5,18H2,1-3H3. The minimum atomic E-state index is -0.359. The predicted octanol–water partition coefficient (Wildman–Crippen LogP) is 6.64. The van der Waals surface area contributed by atoms with Crippen LogP contribution in [0.3, 0.4) is 0 Å². The molecule has 4 aromatic rings. The molecule has 0 aliphatic heterocycles. The molecule has 32 heavy (non-hydrogen) atoms. The lowest BCUT2D eigenvalue weighted by Crippen LogP contribution is -2.33. The molecule has 1 aromatic heterocycles. The van der Waals surface area contributed by atoms with Crippen LogP contribution >= 0.6 is 0 Å². The molecule has 0 saturated carbocycles. The van der Waals surface area contributed by atoms with Gasteiger partial charge in [-0.3, -0.25) is 0 Å². The van der Waals surface area contributed by atoms with Crippen molar-refractivity contribution in [1.82, 2.24) is 9.47 Å². The van der Waals surface area contributed by atoms with Crippen LogP contribution < -0.4 is 4.74 Å². The summed E-state index contributed by atoms with van der Waals surface area (Å²) >= 11 is 0. The van der Waals surface area contributed by atoms with Gasteiger partial charge >= 0.3 is 6.09 Å². The lowest BCUT2D eigenvalue weighted by atomic mass is 9.99. The molecule has 3 aromatic carbocycles. The van der Waals surface area contributed by atoms with Gasteiger partial charge in [-0.25, -0.2) is 9.18 Å². The van der Waals surface area contributed by atoms with E-state index in [0.29, 0.717) is 25.4 Å². The zero-order valence-electron chi connectivity index (χ0n) is 18.6. The van der Waals surface area contributed by atoms with Crippen molar-refractivity contribution >= 4 is 17.0 Å². The van der Waals surface area contributed by atoms with Gasteiger partial charge < -0.3 is 14.2 Å². The Morgan fingerprint density at radius 1 is 1.00 bits per heavy atom. The van der Waals surface area contributed by atoms with Crippen LogP contribution in [-0.4, -0.2) is 28.6 Å². The van der Waals surface area contributed by atoms with Gasteiger partial charge in [0.05, 0.1) is 0 Å². The van der Waals surface area contributed by atoms with E-state index >= 15 is 0 Å². The average Bonchev–Trinajstić information content (AvgIpc) is 3.18. The molecule has 164 valence electrons. The number of rotatable bonds is 6. The molecule has 0 spiro atoms. The first-order valence-electron chi connectivity index (χ1n) is 10.9. The highest BCUT2D eigenvalue weighted by Crippen LogP contribution is 2.38. The maximum atomic E-state index is 13.7. The second-order valence-corrected chi connectivity index (χ2v) is 7.85. The first kappa shape index (κ1) is 21.6. The fourth-order valence-corrected chi connectivity index (χ4v) is 3.97. The Hall–Kier alpha value is -3.60. The van der Waals surface area contributed by atoms with Crippen LogP contribution in [0.15, 0.2) is 72.9 Å². The van der Waals surface area contributed by atoms with E-state index in [1.54, 1.807) is 17.0 Å². The van der Waals surface area contributed by atoms with Gasteiger partial charge in [-0.05, 0) is 62.2 Å². The van der Waals surface area contributed by atoms with E-state index in [0.717, 1.165) is 33.2 Å². The van der Waals surface area contributed by atoms with Crippen molar-refractivity contribution in [3.05, 3.63) is 89.9 Å². The Balaban J connectivity index is 1.81. The van der Waals surface area contributed by atoms with Crippen molar-refractivity contribution in [3.63, 3.8) is 0 Å². The van der Waals surface area contributed by atoms with Gasteiger partial charge in [-0.15, -0.1) is 0 Å². The summed E-state index contributed by atoms with van der Waals surface area (Å²) in [5, 5.41) is 0.982. The van der Waals surface area contributed by atoms with E-state index in [4.69, 9.17) is 4.74 Å². The number of carbonyl (C=O) groups excluding carboxylic acids is 1. The average molecular weight is 431 g/mol. The first-order chi connectivity index (χ1) is 15.5. The van der Waals surface area contributed by atoms with Crippen molar-refractivity contribution in [2.45, 2.75) is 27.3 Å². The predicted molar refractivity (Wildman–Crippen MR) is 127 cm³/mol. The summed E-state index contributed by atoms with van der Waals surface area (Å²) in [6.07, 6.45) is 1.63. The number of nitrogens with zero attached hydrogens (tertiary/aromatic N) is 2. The number of aromatic nitrogens is 1. The number of benzene rings is 3. The van der Waals surface area contributed by atoms with E-state index in [1.165, 1.54) is 6.07 Å². The monoisotopic (exact) mass is 430 g/mol. The molecule has 0 saturated heterocycles. The number of hydrogen-bond acceptors (Lipinski definition) is 2. The van der Waals surface area contributed by atoms with Crippen LogP contribution in [0.25, 0.3) is 22.0 Å². The van der Waals surface area contributed by atoms with E-state index in [9.17, 15) is 9.18 Å². The first-order valence-corrected chi connectivity index (χ1v) is 10.9. The highest BCUT2D eigenvalue weighted by atomic mass is 19.1. The molecule has 0 unspecified atom stereocenters. The van der Waals surface area contributed by atoms with Crippen molar-refractivity contribution in [1.29, 1.82) is 0 Å². The summed E-state index contributed by atoms with van der Waals surface area (Å²) < 4.78 is 21.6. The fourth-order valence-electron chi connectivity index (χ4n) is 3.97. The summed E-state index contributed by atoms with van der Waals surface area (Å²) in [6, 6.07) is 20.6. The van der Waals surface area contributed by atoms with Crippen molar-refractivity contribution in [2.75, 3.05) is 13.1 Å². The number of halogens is 1. The van der Waals surface area contributed by atoms with E-state index < -0.39 is 0 Å². The van der Waals surface area contributed by atoms with Gasteiger partial charge in [0.15, 0.2) is 0 Å². The van der Waals surface area contributed by atoms with Crippen LogP contribution in [0.4, 0.5) is 9.18 Å². The molecule has 0 aliphatic rings. The van der Waals surface area contributed by atoms with Crippen LogP contribution in [0.1, 0.15) is 25.0 Å². The lowest BCUT2D eigenvalue weighted by Gasteiger charge is -2.20. The Morgan fingerprint density at radius 2 is 1.75 bits per heavy atom. The largest absolute Gasteiger partial charge is 0.415 e. The molecular weight excluding hydrogens is 403 g/mol. The number of fused-ring (bicyclic) bond motifs is 1. The Kier molecular flexibility index (Phi) is 6.26. The highest BCUT2D eigenvalue weighted by molar-refractivity contribution is 5.99. The summed E-state index contributed by atoms with van der Waals surface area (Å²) in [5.74, 6) is 0.284. The van der Waals surface area contributed by atoms with Gasteiger partial charge in [0.1, 0.15) is 11.6 Å². The Labute approximate surface area is 187 Å². The number of carbonyl (C=O) groups is 1. The minimum absolute atomic E-state index is 0.245. The molecule has 0 N–H and O–H groups in total. The zero-order chi connectivity index (χ0) is 22.7. The Morgan fingerprint density at radius 3 is 2.44 bits per heavy atom. The maximum absolute atomic E-state index is 13.7. The molecule has 5 heteroatoms. The Bertz CT molecular complexity index is 1240. The third-order valence-electron chi connectivity index (χ3n) is 5.72. The van der Waals surface area contributed by atoms with Crippen molar-refractivity contribution in [3.8, 4) is 16.9 Å². The molecule has 1 amide bonds. The normalized spacial score (nSPS) is 11.0. The van der Waals surface area contributed by atoms with Crippen molar-refractivity contribution in [2.24, 2.45) is 0 Å². The van der Waals surface area contributed by atoms with E-state index in [-0.39, 0.29) is 11.9 Å². The zero-order valence-corrected chi connectivity index (χ0v) is 18.6. The number of hydrogen-bond donors (Lipinski definition) is 0. The number of aryl methyl sites for hydroxylation is 1. The molecule has 0 aliphatic carbocycles.